The molecule has 0 bridgehead atoms. The van der Waals surface area contributed by atoms with Gasteiger partial charge in [-0.3, -0.25) is 4.90 Å². The highest BCUT2D eigenvalue weighted by atomic mass is 35.5. The van der Waals surface area contributed by atoms with E-state index >= 15 is 0 Å². The molecular weight excluding hydrogens is 281 g/mol. The number of hydrogen-bond donors (Lipinski definition) is 1. The van der Waals surface area contributed by atoms with Crippen LogP contribution in [0.4, 0.5) is 0 Å². The quantitative estimate of drug-likeness (QED) is 0.867. The Labute approximate surface area is 130 Å². The first-order valence-corrected chi connectivity index (χ1v) is 7.53. The van der Waals surface area contributed by atoms with Crippen molar-refractivity contribution in [2.24, 2.45) is 11.7 Å². The second kappa shape index (κ2) is 8.04. The zero-order valence-corrected chi connectivity index (χ0v) is 13.4. The van der Waals surface area contributed by atoms with Gasteiger partial charge in [0.2, 0.25) is 0 Å². The molecule has 1 saturated heterocycles. The lowest BCUT2D eigenvalue weighted by Gasteiger charge is -2.41. The smallest absolute Gasteiger partial charge is 0.0113 e. The van der Waals surface area contributed by atoms with Crippen LogP contribution in [0.1, 0.15) is 38.5 Å². The maximum atomic E-state index is 5.98. The van der Waals surface area contributed by atoms with Crippen molar-refractivity contribution >= 4 is 24.8 Å². The van der Waals surface area contributed by atoms with E-state index in [4.69, 9.17) is 5.73 Å². The third kappa shape index (κ3) is 5.05. The SMILES string of the molecule is Cl.Cl.NC1CCC(N2CCN(CC3CC3)CC2)CC1. The summed E-state index contributed by atoms with van der Waals surface area (Å²) in [6, 6.07) is 1.33. The van der Waals surface area contributed by atoms with Crippen LogP contribution < -0.4 is 5.73 Å². The van der Waals surface area contributed by atoms with E-state index in [1.54, 1.807) is 0 Å². The van der Waals surface area contributed by atoms with E-state index in [2.05, 4.69) is 9.80 Å². The van der Waals surface area contributed by atoms with Gasteiger partial charge in [0, 0.05) is 44.8 Å². The van der Waals surface area contributed by atoms with Gasteiger partial charge in [-0.05, 0) is 44.4 Å². The van der Waals surface area contributed by atoms with E-state index in [0.29, 0.717) is 6.04 Å². The van der Waals surface area contributed by atoms with E-state index in [1.807, 2.05) is 0 Å². The lowest BCUT2D eigenvalue weighted by molar-refractivity contribution is 0.0743. The molecule has 3 nitrogen and oxygen atoms in total. The largest absolute Gasteiger partial charge is 0.328 e. The van der Waals surface area contributed by atoms with Crippen LogP contribution in [0.3, 0.4) is 0 Å². The van der Waals surface area contributed by atoms with Crippen LogP contribution in [0.25, 0.3) is 0 Å². The molecule has 0 unspecified atom stereocenters. The van der Waals surface area contributed by atoms with Gasteiger partial charge in [0.1, 0.15) is 0 Å². The Morgan fingerprint density at radius 2 is 1.37 bits per heavy atom. The highest BCUT2D eigenvalue weighted by Gasteiger charge is 2.29. The maximum Gasteiger partial charge on any atom is 0.0113 e. The van der Waals surface area contributed by atoms with E-state index in [9.17, 15) is 0 Å². The van der Waals surface area contributed by atoms with E-state index < -0.39 is 0 Å². The molecule has 0 aromatic carbocycles. The average molecular weight is 310 g/mol. The van der Waals surface area contributed by atoms with Crippen LogP contribution in [-0.2, 0) is 0 Å². The second-order valence-corrected chi connectivity index (χ2v) is 6.35. The molecule has 3 rings (SSSR count). The Bertz CT molecular complexity index is 245. The molecule has 0 spiro atoms. The van der Waals surface area contributed by atoms with Crippen LogP contribution in [0.2, 0.25) is 0 Å². The van der Waals surface area contributed by atoms with Crippen molar-refractivity contribution in [1.82, 2.24) is 9.80 Å². The van der Waals surface area contributed by atoms with Gasteiger partial charge in [0.25, 0.3) is 0 Å². The van der Waals surface area contributed by atoms with Crippen molar-refractivity contribution in [2.75, 3.05) is 32.7 Å². The van der Waals surface area contributed by atoms with Gasteiger partial charge in [-0.1, -0.05) is 0 Å². The monoisotopic (exact) mass is 309 g/mol. The van der Waals surface area contributed by atoms with Gasteiger partial charge in [0.15, 0.2) is 0 Å². The van der Waals surface area contributed by atoms with Crippen LogP contribution in [0.5, 0.6) is 0 Å². The number of hydrogen-bond acceptors (Lipinski definition) is 3. The number of nitrogens with zero attached hydrogens (tertiary/aromatic N) is 2. The summed E-state index contributed by atoms with van der Waals surface area (Å²) < 4.78 is 0. The van der Waals surface area contributed by atoms with Crippen LogP contribution in [0.15, 0.2) is 0 Å². The predicted octanol–water partition coefficient (Wildman–Crippen LogP) is 2.13. The minimum absolute atomic E-state index is 0. The summed E-state index contributed by atoms with van der Waals surface area (Å²) in [5, 5.41) is 0. The predicted molar refractivity (Wildman–Crippen MR) is 85.5 cm³/mol. The van der Waals surface area contributed by atoms with Crippen molar-refractivity contribution in [3.05, 3.63) is 0 Å². The minimum atomic E-state index is 0. The average Bonchev–Trinajstić information content (AvgIpc) is 3.15. The number of piperazine rings is 1. The molecule has 0 amide bonds. The summed E-state index contributed by atoms with van der Waals surface area (Å²) in [7, 11) is 0. The molecule has 0 atom stereocenters. The van der Waals surface area contributed by atoms with Crippen molar-refractivity contribution in [2.45, 2.75) is 50.6 Å². The third-order valence-corrected chi connectivity index (χ3v) is 4.88. The van der Waals surface area contributed by atoms with Gasteiger partial charge in [-0.25, -0.2) is 0 Å². The van der Waals surface area contributed by atoms with Crippen molar-refractivity contribution in [3.63, 3.8) is 0 Å². The third-order valence-electron chi connectivity index (χ3n) is 4.88. The second-order valence-electron chi connectivity index (χ2n) is 6.35. The Kier molecular flexibility index (Phi) is 7.41. The van der Waals surface area contributed by atoms with E-state index in [-0.39, 0.29) is 24.8 Å². The fraction of sp³-hybridized carbons (Fsp3) is 1.00. The van der Waals surface area contributed by atoms with Gasteiger partial charge >= 0.3 is 0 Å². The van der Waals surface area contributed by atoms with Crippen LogP contribution in [-0.4, -0.2) is 54.6 Å². The Balaban J connectivity index is 0.000000902. The molecule has 1 aliphatic heterocycles. The lowest BCUT2D eigenvalue weighted by atomic mass is 9.90. The zero-order chi connectivity index (χ0) is 11.7. The summed E-state index contributed by atoms with van der Waals surface area (Å²) in [5.41, 5.74) is 5.98. The Morgan fingerprint density at radius 3 is 1.89 bits per heavy atom. The van der Waals surface area contributed by atoms with E-state index in [0.717, 1.165) is 12.0 Å². The molecular formula is C14H29Cl2N3. The Morgan fingerprint density at radius 1 is 0.789 bits per heavy atom. The Hall–Kier alpha value is 0.460. The summed E-state index contributed by atoms with van der Waals surface area (Å²) in [6.07, 6.45) is 8.13. The lowest BCUT2D eigenvalue weighted by Crippen LogP contribution is -2.52. The van der Waals surface area contributed by atoms with Gasteiger partial charge in [-0.15, -0.1) is 24.8 Å². The number of halogens is 2. The van der Waals surface area contributed by atoms with Crippen LogP contribution >= 0.6 is 24.8 Å². The first kappa shape index (κ1) is 17.5. The fourth-order valence-electron chi connectivity index (χ4n) is 3.44. The molecule has 19 heavy (non-hydrogen) atoms. The topological polar surface area (TPSA) is 32.5 Å². The van der Waals surface area contributed by atoms with Crippen LogP contribution in [0, 0.1) is 5.92 Å². The van der Waals surface area contributed by atoms with Gasteiger partial charge < -0.3 is 10.6 Å². The highest BCUT2D eigenvalue weighted by molar-refractivity contribution is 5.85. The molecule has 0 radical (unpaired) electrons. The molecule has 2 aliphatic carbocycles. The molecule has 3 fully saturated rings. The van der Waals surface area contributed by atoms with Crippen molar-refractivity contribution in [1.29, 1.82) is 0 Å². The number of rotatable bonds is 3. The molecule has 0 aromatic heterocycles. The highest BCUT2D eigenvalue weighted by Crippen LogP contribution is 2.30. The zero-order valence-electron chi connectivity index (χ0n) is 11.8. The molecule has 2 saturated carbocycles. The van der Waals surface area contributed by atoms with E-state index in [1.165, 1.54) is 71.2 Å². The molecule has 1 heterocycles. The first-order valence-electron chi connectivity index (χ1n) is 7.53. The molecule has 3 aliphatic rings. The van der Waals surface area contributed by atoms with Crippen molar-refractivity contribution in [3.8, 4) is 0 Å². The summed E-state index contributed by atoms with van der Waals surface area (Å²) in [5.74, 6) is 1.05. The molecule has 0 aromatic rings. The first-order chi connectivity index (χ1) is 8.31. The molecule has 5 heteroatoms. The standard InChI is InChI=1S/C14H27N3.2ClH/c15-13-3-5-14(6-4-13)17-9-7-16(8-10-17)11-12-1-2-12;;/h12-14H,1-11,15H2;2*1H. The molecule has 114 valence electrons. The van der Waals surface area contributed by atoms with Gasteiger partial charge in [-0.2, -0.15) is 0 Å². The fourth-order valence-corrected chi connectivity index (χ4v) is 3.44. The summed E-state index contributed by atoms with van der Waals surface area (Å²) >= 11 is 0. The minimum Gasteiger partial charge on any atom is -0.328 e. The number of nitrogens with two attached hydrogens (primary N) is 1. The summed E-state index contributed by atoms with van der Waals surface area (Å²) in [6.45, 7) is 6.58. The van der Waals surface area contributed by atoms with Gasteiger partial charge in [0.05, 0.1) is 0 Å². The maximum absolute atomic E-state index is 5.98. The normalized spacial score (nSPS) is 33.3. The summed E-state index contributed by atoms with van der Waals surface area (Å²) in [4.78, 5) is 5.41. The molecule has 2 N–H and O–H groups in total. The van der Waals surface area contributed by atoms with Crippen molar-refractivity contribution < 1.29 is 0 Å².